The van der Waals surface area contributed by atoms with Gasteiger partial charge in [0.2, 0.25) is 0 Å². The van der Waals surface area contributed by atoms with Crippen LogP contribution in [-0.4, -0.2) is 58.6 Å². The molecule has 5 heteroatoms. The van der Waals surface area contributed by atoms with Crippen LogP contribution in [0.25, 0.3) is 0 Å². The molecule has 118 valence electrons. The molecule has 3 rings (SSSR count). The highest BCUT2D eigenvalue weighted by molar-refractivity contribution is 4.82. The summed E-state index contributed by atoms with van der Waals surface area (Å²) >= 11 is 0. The van der Waals surface area contributed by atoms with Gasteiger partial charge < -0.3 is 15.3 Å². The zero-order chi connectivity index (χ0) is 14.5. The number of nitrogens with one attached hydrogen (secondary N) is 1. The molecule has 2 saturated heterocycles. The summed E-state index contributed by atoms with van der Waals surface area (Å²) in [5, 5.41) is 18.1. The van der Waals surface area contributed by atoms with E-state index in [1.54, 1.807) is 0 Å². The lowest BCUT2D eigenvalue weighted by atomic mass is 9.90. The predicted molar refractivity (Wildman–Crippen MR) is 83.0 cm³/mol. The van der Waals surface area contributed by atoms with Crippen LogP contribution in [0.2, 0.25) is 0 Å². The highest BCUT2D eigenvalue weighted by Crippen LogP contribution is 2.22. The van der Waals surface area contributed by atoms with E-state index in [0.29, 0.717) is 5.92 Å². The van der Waals surface area contributed by atoms with E-state index < -0.39 is 0 Å². The number of likely N-dealkylation sites (tertiary alicyclic amines) is 1. The Bertz CT molecular complexity index is 394. The topological polar surface area (TPSA) is 53.3 Å². The van der Waals surface area contributed by atoms with Gasteiger partial charge in [0.15, 0.2) is 0 Å². The van der Waals surface area contributed by atoms with Crippen LogP contribution < -0.4 is 5.32 Å². The standard InChI is InChI=1S/C16H28N4O/c21-16(15-2-7-17-8-3-15)13-19-10-4-14(5-11-19)12-20-9-1-6-18-20/h1,6,9,14-17,21H,2-5,7-8,10-13H2. The second-order valence-corrected chi connectivity index (χ2v) is 6.63. The zero-order valence-electron chi connectivity index (χ0n) is 12.8. The molecule has 1 aromatic rings. The van der Waals surface area contributed by atoms with E-state index in [-0.39, 0.29) is 6.10 Å². The van der Waals surface area contributed by atoms with Crippen LogP contribution in [0.3, 0.4) is 0 Å². The van der Waals surface area contributed by atoms with Gasteiger partial charge in [0.1, 0.15) is 0 Å². The van der Waals surface area contributed by atoms with Gasteiger partial charge in [-0.3, -0.25) is 4.68 Å². The molecule has 0 saturated carbocycles. The fraction of sp³-hybridized carbons (Fsp3) is 0.812. The molecule has 2 aliphatic rings. The van der Waals surface area contributed by atoms with Gasteiger partial charge in [-0.2, -0.15) is 5.10 Å². The number of aliphatic hydroxyl groups is 1. The van der Waals surface area contributed by atoms with Crippen molar-refractivity contribution in [1.82, 2.24) is 20.0 Å². The Kier molecular flexibility index (Phi) is 5.27. The van der Waals surface area contributed by atoms with E-state index in [1.165, 1.54) is 12.8 Å². The van der Waals surface area contributed by atoms with Crippen LogP contribution in [0, 0.1) is 11.8 Å². The van der Waals surface area contributed by atoms with Gasteiger partial charge >= 0.3 is 0 Å². The first-order valence-corrected chi connectivity index (χ1v) is 8.40. The molecule has 1 unspecified atom stereocenters. The molecular formula is C16H28N4O. The summed E-state index contributed by atoms with van der Waals surface area (Å²) < 4.78 is 2.05. The minimum atomic E-state index is -0.144. The van der Waals surface area contributed by atoms with Crippen molar-refractivity contribution in [3.05, 3.63) is 18.5 Å². The van der Waals surface area contributed by atoms with Crippen molar-refractivity contribution in [3.8, 4) is 0 Å². The van der Waals surface area contributed by atoms with Gasteiger partial charge in [-0.25, -0.2) is 0 Å². The molecule has 5 nitrogen and oxygen atoms in total. The smallest absolute Gasteiger partial charge is 0.0696 e. The zero-order valence-corrected chi connectivity index (χ0v) is 12.8. The summed E-state index contributed by atoms with van der Waals surface area (Å²) in [7, 11) is 0. The van der Waals surface area contributed by atoms with Crippen LogP contribution in [0.5, 0.6) is 0 Å². The number of piperidine rings is 2. The van der Waals surface area contributed by atoms with Gasteiger partial charge in [-0.1, -0.05) is 0 Å². The number of rotatable bonds is 5. The summed E-state index contributed by atoms with van der Waals surface area (Å²) in [6, 6.07) is 1.99. The van der Waals surface area contributed by atoms with Crippen LogP contribution >= 0.6 is 0 Å². The lowest BCUT2D eigenvalue weighted by molar-refractivity contribution is 0.0375. The average molecular weight is 292 g/mol. The van der Waals surface area contributed by atoms with Gasteiger partial charge in [0.25, 0.3) is 0 Å². The van der Waals surface area contributed by atoms with Crippen molar-refractivity contribution in [2.45, 2.75) is 38.3 Å². The first kappa shape index (κ1) is 15.0. The highest BCUT2D eigenvalue weighted by atomic mass is 16.3. The molecule has 0 aromatic carbocycles. The number of hydrogen-bond donors (Lipinski definition) is 2. The number of aromatic nitrogens is 2. The predicted octanol–water partition coefficient (Wildman–Crippen LogP) is 0.956. The first-order chi connectivity index (χ1) is 10.3. The Morgan fingerprint density at radius 3 is 2.62 bits per heavy atom. The van der Waals surface area contributed by atoms with E-state index >= 15 is 0 Å². The van der Waals surface area contributed by atoms with Crippen molar-refractivity contribution in [3.63, 3.8) is 0 Å². The van der Waals surface area contributed by atoms with E-state index in [4.69, 9.17) is 0 Å². The number of hydrogen-bond acceptors (Lipinski definition) is 4. The molecule has 1 aromatic heterocycles. The van der Waals surface area contributed by atoms with Gasteiger partial charge in [-0.05, 0) is 69.8 Å². The molecule has 21 heavy (non-hydrogen) atoms. The Morgan fingerprint density at radius 2 is 1.95 bits per heavy atom. The van der Waals surface area contributed by atoms with E-state index in [0.717, 1.165) is 58.0 Å². The molecule has 1 atom stereocenters. The summed E-state index contributed by atoms with van der Waals surface area (Å²) in [5.74, 6) is 1.23. The van der Waals surface area contributed by atoms with Crippen LogP contribution in [0.4, 0.5) is 0 Å². The minimum absolute atomic E-state index is 0.144. The molecular weight excluding hydrogens is 264 g/mol. The molecule has 0 spiro atoms. The van der Waals surface area contributed by atoms with Crippen LogP contribution in [-0.2, 0) is 6.54 Å². The fourth-order valence-electron chi connectivity index (χ4n) is 3.67. The third-order valence-electron chi connectivity index (χ3n) is 5.08. The van der Waals surface area contributed by atoms with E-state index in [9.17, 15) is 5.11 Å². The van der Waals surface area contributed by atoms with Gasteiger partial charge in [0, 0.05) is 25.5 Å². The quantitative estimate of drug-likeness (QED) is 0.849. The maximum atomic E-state index is 10.4. The Balaban J connectivity index is 1.39. The summed E-state index contributed by atoms with van der Waals surface area (Å²) in [6.45, 7) is 6.26. The lowest BCUT2D eigenvalue weighted by Crippen LogP contribution is -2.44. The molecule has 2 N–H and O–H groups in total. The molecule has 2 aliphatic heterocycles. The SMILES string of the molecule is OC(CN1CCC(Cn2cccn2)CC1)C1CCNCC1. The van der Waals surface area contributed by atoms with Crippen molar-refractivity contribution in [1.29, 1.82) is 0 Å². The molecule has 0 amide bonds. The minimum Gasteiger partial charge on any atom is -0.392 e. The Morgan fingerprint density at radius 1 is 1.19 bits per heavy atom. The Labute approximate surface area is 127 Å². The molecule has 2 fully saturated rings. The Hall–Kier alpha value is -0.910. The van der Waals surface area contributed by atoms with Crippen LogP contribution in [0.1, 0.15) is 25.7 Å². The van der Waals surface area contributed by atoms with Crippen molar-refractivity contribution < 1.29 is 5.11 Å². The van der Waals surface area contributed by atoms with Crippen LogP contribution in [0.15, 0.2) is 18.5 Å². The lowest BCUT2D eigenvalue weighted by Gasteiger charge is -2.35. The summed E-state index contributed by atoms with van der Waals surface area (Å²) in [5.41, 5.74) is 0. The number of β-amino-alcohol motifs (C(OH)–C–C–N with tert-alkyl or cyclic N) is 1. The molecule has 0 bridgehead atoms. The second kappa shape index (κ2) is 7.38. The maximum Gasteiger partial charge on any atom is 0.0696 e. The van der Waals surface area contributed by atoms with Crippen molar-refractivity contribution in [2.75, 3.05) is 32.7 Å². The summed E-state index contributed by atoms with van der Waals surface area (Å²) in [6.07, 6.45) is 8.44. The molecule has 0 radical (unpaired) electrons. The monoisotopic (exact) mass is 292 g/mol. The van der Waals surface area contributed by atoms with Gasteiger partial charge in [-0.15, -0.1) is 0 Å². The first-order valence-electron chi connectivity index (χ1n) is 8.40. The van der Waals surface area contributed by atoms with E-state index in [2.05, 4.69) is 15.3 Å². The second-order valence-electron chi connectivity index (χ2n) is 6.63. The largest absolute Gasteiger partial charge is 0.392 e. The maximum absolute atomic E-state index is 10.4. The highest BCUT2D eigenvalue weighted by Gasteiger charge is 2.26. The van der Waals surface area contributed by atoms with Crippen molar-refractivity contribution >= 4 is 0 Å². The fourth-order valence-corrected chi connectivity index (χ4v) is 3.67. The molecule has 3 heterocycles. The third kappa shape index (κ3) is 4.28. The number of aliphatic hydroxyl groups excluding tert-OH is 1. The normalized spacial score (nSPS) is 24.2. The summed E-state index contributed by atoms with van der Waals surface area (Å²) in [4.78, 5) is 2.45. The van der Waals surface area contributed by atoms with Crippen molar-refractivity contribution in [2.24, 2.45) is 11.8 Å². The number of nitrogens with zero attached hydrogens (tertiary/aromatic N) is 3. The average Bonchev–Trinajstić information content (AvgIpc) is 3.03. The van der Waals surface area contributed by atoms with Gasteiger partial charge in [0.05, 0.1) is 6.10 Å². The molecule has 0 aliphatic carbocycles. The van der Waals surface area contributed by atoms with E-state index in [1.807, 2.05) is 23.1 Å². The third-order valence-corrected chi connectivity index (χ3v) is 5.08.